The lowest BCUT2D eigenvalue weighted by Crippen LogP contribution is -2.49. The van der Waals surface area contributed by atoms with Crippen molar-refractivity contribution in [1.82, 2.24) is 5.32 Å². The van der Waals surface area contributed by atoms with Gasteiger partial charge in [-0.2, -0.15) is 0 Å². The van der Waals surface area contributed by atoms with E-state index in [1.807, 2.05) is 6.07 Å². The molecule has 4 N–H and O–H groups in total. The molecule has 2 aliphatic carbocycles. The number of hydrogen-bond acceptors (Lipinski definition) is 6. The molecule has 2 aromatic rings. The van der Waals surface area contributed by atoms with E-state index >= 15 is 0 Å². The molecule has 1 saturated carbocycles. The Morgan fingerprint density at radius 2 is 1.95 bits per heavy atom. The van der Waals surface area contributed by atoms with E-state index in [0.717, 1.165) is 42.8 Å². The first-order valence-electron chi connectivity index (χ1n) is 14.7. The van der Waals surface area contributed by atoms with E-state index in [1.54, 1.807) is 25.1 Å². The summed E-state index contributed by atoms with van der Waals surface area (Å²) in [6.07, 6.45) is 5.01. The maximum absolute atomic E-state index is 12.6. The first-order chi connectivity index (χ1) is 19.9. The zero-order valence-electron chi connectivity index (χ0n) is 24.1. The molecular formula is C31H40ClN3O6S. The van der Waals surface area contributed by atoms with E-state index < -0.39 is 27.2 Å². The molecule has 1 aliphatic heterocycles. The van der Waals surface area contributed by atoms with Crippen LogP contribution in [0, 0.1) is 17.8 Å². The third kappa shape index (κ3) is 6.40. The number of nitrogens with zero attached hydrogens (tertiary/aromatic N) is 1. The van der Waals surface area contributed by atoms with Crippen LogP contribution >= 0.6 is 11.6 Å². The maximum atomic E-state index is 12.6. The van der Waals surface area contributed by atoms with Crippen molar-refractivity contribution >= 4 is 39.2 Å². The van der Waals surface area contributed by atoms with Gasteiger partial charge >= 0.3 is 5.97 Å². The van der Waals surface area contributed by atoms with Gasteiger partial charge in [-0.3, -0.25) is 4.79 Å². The molecule has 0 radical (unpaired) electrons. The Bertz CT molecular complexity index is 1470. The molecule has 1 spiro atoms. The van der Waals surface area contributed by atoms with E-state index in [1.165, 1.54) is 18.1 Å². The lowest BCUT2D eigenvalue weighted by molar-refractivity contribution is -0.122. The number of carbonyl (C=O) groups is 2. The van der Waals surface area contributed by atoms with Gasteiger partial charge in [0.25, 0.3) is 0 Å². The fourth-order valence-corrected chi connectivity index (χ4v) is 7.72. The van der Waals surface area contributed by atoms with Crippen LogP contribution in [0.4, 0.5) is 5.69 Å². The van der Waals surface area contributed by atoms with Gasteiger partial charge < -0.3 is 20.1 Å². The van der Waals surface area contributed by atoms with E-state index in [2.05, 4.69) is 22.3 Å². The van der Waals surface area contributed by atoms with Gasteiger partial charge in [0.1, 0.15) is 5.75 Å². The van der Waals surface area contributed by atoms with Gasteiger partial charge in [-0.05, 0) is 98.2 Å². The van der Waals surface area contributed by atoms with Gasteiger partial charge in [0.05, 0.1) is 23.1 Å². The number of primary sulfonamides is 1. The van der Waals surface area contributed by atoms with Crippen LogP contribution in [-0.4, -0.2) is 56.9 Å². The minimum Gasteiger partial charge on any atom is -0.490 e. The van der Waals surface area contributed by atoms with Crippen LogP contribution in [-0.2, 0) is 26.7 Å². The number of benzene rings is 2. The summed E-state index contributed by atoms with van der Waals surface area (Å²) in [5.41, 5.74) is 3.23. The summed E-state index contributed by atoms with van der Waals surface area (Å²) in [6.45, 7) is 5.66. The Kier molecular flexibility index (Phi) is 8.79. The highest BCUT2D eigenvalue weighted by Gasteiger charge is 2.43. The molecule has 11 heteroatoms. The molecule has 0 bridgehead atoms. The molecule has 1 heterocycles. The number of halogens is 1. The summed E-state index contributed by atoms with van der Waals surface area (Å²) in [5, 5.41) is 17.9. The summed E-state index contributed by atoms with van der Waals surface area (Å²) < 4.78 is 29.8. The third-order valence-electron chi connectivity index (χ3n) is 9.70. The second kappa shape index (κ2) is 12.1. The minimum absolute atomic E-state index is 0.0930. The monoisotopic (exact) mass is 617 g/mol. The van der Waals surface area contributed by atoms with E-state index in [4.69, 9.17) is 21.5 Å². The van der Waals surface area contributed by atoms with Gasteiger partial charge in [0, 0.05) is 36.5 Å². The predicted molar refractivity (Wildman–Crippen MR) is 163 cm³/mol. The molecule has 0 aromatic heterocycles. The second-order valence-electron chi connectivity index (χ2n) is 12.5. The minimum atomic E-state index is -3.71. The number of carbonyl (C=O) groups excluding carboxylic acids is 1. The Balaban J connectivity index is 1.34. The number of aryl methyl sites for hydroxylation is 1. The molecule has 3 aliphatic rings. The van der Waals surface area contributed by atoms with Crippen LogP contribution in [0.5, 0.6) is 5.75 Å². The van der Waals surface area contributed by atoms with Gasteiger partial charge in [-0.25, -0.2) is 18.4 Å². The van der Waals surface area contributed by atoms with Gasteiger partial charge in [0.2, 0.25) is 15.9 Å². The van der Waals surface area contributed by atoms with Crippen molar-refractivity contribution in [3.05, 3.63) is 58.1 Å². The van der Waals surface area contributed by atoms with Crippen molar-refractivity contribution in [2.45, 2.75) is 63.0 Å². The Hall–Kier alpha value is -2.82. The summed E-state index contributed by atoms with van der Waals surface area (Å²) in [5.74, 6) is -0.303. The Morgan fingerprint density at radius 3 is 2.64 bits per heavy atom. The summed E-state index contributed by atoms with van der Waals surface area (Å²) >= 11 is 6.35. The highest BCUT2D eigenvalue weighted by molar-refractivity contribution is 7.89. The number of ether oxygens (including phenoxy) is 1. The van der Waals surface area contributed by atoms with Crippen molar-refractivity contribution in [2.75, 3.05) is 31.1 Å². The number of aromatic carboxylic acids is 1. The molecule has 2 unspecified atom stereocenters. The van der Waals surface area contributed by atoms with Crippen LogP contribution < -0.4 is 20.1 Å². The van der Waals surface area contributed by atoms with E-state index in [9.17, 15) is 23.1 Å². The molecule has 5 rings (SSSR count). The first kappa shape index (κ1) is 30.6. The molecule has 0 saturated heterocycles. The molecule has 1 amide bonds. The molecular weight excluding hydrogens is 578 g/mol. The van der Waals surface area contributed by atoms with Crippen LogP contribution in [0.25, 0.3) is 0 Å². The van der Waals surface area contributed by atoms with Gasteiger partial charge in [0.15, 0.2) is 0 Å². The molecule has 2 aromatic carbocycles. The largest absolute Gasteiger partial charge is 0.490 e. The van der Waals surface area contributed by atoms with Gasteiger partial charge in [-0.15, -0.1) is 0 Å². The average Bonchev–Trinajstić information content (AvgIpc) is 3.07. The molecule has 42 heavy (non-hydrogen) atoms. The van der Waals surface area contributed by atoms with Crippen LogP contribution in [0.3, 0.4) is 0 Å². The highest BCUT2D eigenvalue weighted by atomic mass is 35.5. The molecule has 1 fully saturated rings. The number of carboxylic acids is 1. The topological polar surface area (TPSA) is 139 Å². The SMILES string of the molecule is CC(CC(=O)NC[C@@H]1CC[C@@H]1CN1C[C@@]2(CCCc3cc(Cl)ccc32)COc2ccc(C(=O)O)cc21)C(C)S(N)(=O)=O. The van der Waals surface area contributed by atoms with Crippen molar-refractivity contribution in [3.63, 3.8) is 0 Å². The third-order valence-corrected chi connectivity index (χ3v) is 11.4. The zero-order chi connectivity index (χ0) is 30.2. The smallest absolute Gasteiger partial charge is 0.335 e. The fraction of sp³-hybridized carbons (Fsp3) is 0.548. The summed E-state index contributed by atoms with van der Waals surface area (Å²) in [7, 11) is -3.71. The maximum Gasteiger partial charge on any atom is 0.335 e. The number of nitrogens with one attached hydrogen (secondary N) is 1. The normalized spacial score (nSPS) is 24.8. The van der Waals surface area contributed by atoms with E-state index in [0.29, 0.717) is 37.9 Å². The quantitative estimate of drug-likeness (QED) is 0.380. The summed E-state index contributed by atoms with van der Waals surface area (Å²) in [6, 6.07) is 11.2. The van der Waals surface area contributed by atoms with E-state index in [-0.39, 0.29) is 29.2 Å². The Labute approximate surface area is 252 Å². The number of rotatable bonds is 9. The number of anilines is 1. The lowest BCUT2D eigenvalue weighted by atomic mass is 9.69. The van der Waals surface area contributed by atoms with Crippen molar-refractivity contribution in [3.8, 4) is 5.75 Å². The molecule has 228 valence electrons. The summed E-state index contributed by atoms with van der Waals surface area (Å²) in [4.78, 5) is 26.8. The van der Waals surface area contributed by atoms with Crippen molar-refractivity contribution < 1.29 is 27.9 Å². The van der Waals surface area contributed by atoms with Crippen LogP contribution in [0.2, 0.25) is 5.02 Å². The Morgan fingerprint density at radius 1 is 1.19 bits per heavy atom. The van der Waals surface area contributed by atoms with Crippen molar-refractivity contribution in [1.29, 1.82) is 0 Å². The zero-order valence-corrected chi connectivity index (χ0v) is 25.7. The number of nitrogens with two attached hydrogens (primary N) is 1. The number of sulfonamides is 1. The lowest BCUT2D eigenvalue weighted by Gasteiger charge is -2.44. The fourth-order valence-electron chi connectivity index (χ4n) is 6.78. The predicted octanol–water partition coefficient (Wildman–Crippen LogP) is 4.36. The molecule has 9 nitrogen and oxygen atoms in total. The first-order valence-corrected chi connectivity index (χ1v) is 16.7. The number of hydrogen-bond donors (Lipinski definition) is 3. The standard InChI is InChI=1S/C31H40ClN3O6S/c1-19(20(2)42(33,39)40)12-29(36)34-15-23-5-6-24(23)16-35-17-31(11-3-4-21-13-25(32)8-9-26(21)31)18-41-28-10-7-22(30(37)38)14-27(28)35/h7-10,13-14,19-20,23-24H,3-6,11-12,15-18H2,1-2H3,(H,34,36)(H,37,38)(H2,33,39,40)/t19?,20?,23-,24+,31-/m0/s1. The molecule has 5 atom stereocenters. The van der Waals surface area contributed by atoms with Gasteiger partial charge in [-0.1, -0.05) is 24.6 Å². The highest BCUT2D eigenvalue weighted by Crippen LogP contribution is 2.46. The second-order valence-corrected chi connectivity index (χ2v) is 14.8. The van der Waals surface area contributed by atoms with Crippen molar-refractivity contribution in [2.24, 2.45) is 22.9 Å². The van der Waals surface area contributed by atoms with Crippen LogP contribution in [0.15, 0.2) is 36.4 Å². The number of carboxylic acid groups (broad SMARTS) is 1. The number of fused-ring (bicyclic) bond motifs is 3. The number of amides is 1. The van der Waals surface area contributed by atoms with Crippen LogP contribution in [0.1, 0.15) is 67.4 Å². The average molecular weight is 618 g/mol.